The Morgan fingerprint density at radius 3 is 1.62 bits per heavy atom. The van der Waals surface area contributed by atoms with Crippen LogP contribution in [0.2, 0.25) is 10.0 Å². The molecule has 1 aromatic rings. The van der Waals surface area contributed by atoms with Crippen molar-refractivity contribution in [1.82, 2.24) is 0 Å². The van der Waals surface area contributed by atoms with Crippen LogP contribution in [0.25, 0.3) is 0 Å². The number of alkyl halides is 12. The first-order valence-electron chi connectivity index (χ1n) is 7.34. The Balaban J connectivity index is 2.70. The minimum absolute atomic E-state index is 0.184. The first-order valence-corrected chi connectivity index (χ1v) is 8.92. The maximum Gasteiger partial charge on any atom is 0.443 e. The molecular weight excluding hydrogens is 546 g/mol. The number of rotatable bonds is 1. The van der Waals surface area contributed by atoms with Crippen molar-refractivity contribution < 1.29 is 57.1 Å². The summed E-state index contributed by atoms with van der Waals surface area (Å²) in [6.07, 6.45) is -24.5. The van der Waals surface area contributed by atoms with E-state index in [1.807, 2.05) is 0 Å². The van der Waals surface area contributed by atoms with Crippen molar-refractivity contribution in [3.63, 3.8) is 0 Å². The Labute approximate surface area is 182 Å². The van der Waals surface area contributed by atoms with Crippen molar-refractivity contribution in [2.24, 2.45) is 4.99 Å². The van der Waals surface area contributed by atoms with Gasteiger partial charge < -0.3 is 5.32 Å². The first kappa shape index (κ1) is 26.7. The highest BCUT2D eigenvalue weighted by molar-refractivity contribution is 8.17. The quantitative estimate of drug-likeness (QED) is 0.358. The Bertz CT molecular complexity index is 936. The molecule has 0 amide bonds. The molecule has 1 heterocycles. The Morgan fingerprint density at radius 2 is 1.28 bits per heavy atom. The summed E-state index contributed by atoms with van der Waals surface area (Å²) >= 11 is 10.0. The van der Waals surface area contributed by atoms with Crippen molar-refractivity contribution >= 4 is 45.8 Å². The van der Waals surface area contributed by atoms with Crippen LogP contribution < -0.4 is 5.32 Å². The van der Waals surface area contributed by atoms with Crippen LogP contribution in [0.3, 0.4) is 0 Å². The molecule has 0 fully saturated rings. The predicted molar refractivity (Wildman–Crippen MR) is 89.1 cm³/mol. The normalized spacial score (nSPS) is 19.2. The summed E-state index contributed by atoms with van der Waals surface area (Å²) in [5, 5.41) is -1.97. The molecule has 1 aliphatic heterocycles. The monoisotopic (exact) mass is 548 g/mol. The van der Waals surface area contributed by atoms with Crippen molar-refractivity contribution in [2.75, 3.05) is 5.32 Å². The van der Waals surface area contributed by atoms with Gasteiger partial charge in [0.1, 0.15) is 0 Å². The average molecular weight is 549 g/mol. The van der Waals surface area contributed by atoms with Gasteiger partial charge in [0.05, 0.1) is 26.2 Å². The van der Waals surface area contributed by atoms with E-state index >= 15 is 0 Å². The zero-order chi connectivity index (χ0) is 25.1. The molecule has 0 saturated heterocycles. The molecule has 0 unspecified atom stereocenters. The van der Waals surface area contributed by atoms with E-state index in [-0.39, 0.29) is 12.1 Å². The van der Waals surface area contributed by atoms with Crippen LogP contribution in [-0.4, -0.2) is 29.2 Å². The van der Waals surface area contributed by atoms with Gasteiger partial charge in [0, 0.05) is 0 Å². The van der Waals surface area contributed by atoms with E-state index in [0.717, 1.165) is 0 Å². The smallest absolute Gasteiger partial charge is 0.332 e. The van der Waals surface area contributed by atoms with Crippen molar-refractivity contribution in [1.29, 1.82) is 0 Å². The standard InChI is InChI=1S/C14H3Cl2F13N2S/c15-4-1-3(11(18,19)20)2-5(16)6(4)30-9-31-10(13(24,25)26,14(27,28)29)8(32-9)7(17)12(21,22)23/h1-2H,(H,30,31). The Hall–Kier alpha value is -1.55. The third-order valence-electron chi connectivity index (χ3n) is 3.67. The molecule has 0 aromatic heterocycles. The van der Waals surface area contributed by atoms with E-state index in [2.05, 4.69) is 4.99 Å². The molecule has 0 radical (unpaired) electrons. The van der Waals surface area contributed by atoms with Gasteiger partial charge in [-0.3, -0.25) is 0 Å². The van der Waals surface area contributed by atoms with Gasteiger partial charge in [0.2, 0.25) is 5.83 Å². The second kappa shape index (κ2) is 8.04. The number of halogens is 15. The number of thioether (sulfide) groups is 1. The molecule has 2 nitrogen and oxygen atoms in total. The highest BCUT2D eigenvalue weighted by Crippen LogP contribution is 2.59. The minimum Gasteiger partial charge on any atom is -0.332 e. The van der Waals surface area contributed by atoms with Crippen molar-refractivity contribution in [3.05, 3.63) is 38.5 Å². The molecule has 0 saturated carbocycles. The lowest BCUT2D eigenvalue weighted by molar-refractivity contribution is -0.280. The minimum atomic E-state index is -6.60. The number of aliphatic imine (C=N–C) groups is 1. The van der Waals surface area contributed by atoms with E-state index in [9.17, 15) is 57.1 Å². The summed E-state index contributed by atoms with van der Waals surface area (Å²) in [5.41, 5.74) is -8.03. The molecule has 0 aliphatic carbocycles. The third kappa shape index (κ3) is 4.71. The largest absolute Gasteiger partial charge is 0.443 e. The van der Waals surface area contributed by atoms with Gasteiger partial charge in [-0.05, 0) is 12.1 Å². The van der Waals surface area contributed by atoms with Gasteiger partial charge in [-0.25, -0.2) is 9.38 Å². The second-order valence-electron chi connectivity index (χ2n) is 5.80. The Morgan fingerprint density at radius 1 is 0.844 bits per heavy atom. The molecule has 0 bridgehead atoms. The number of allylic oxidation sites excluding steroid dienone is 1. The van der Waals surface area contributed by atoms with E-state index in [0.29, 0.717) is 0 Å². The fourth-order valence-electron chi connectivity index (χ4n) is 2.29. The van der Waals surface area contributed by atoms with E-state index in [4.69, 9.17) is 23.2 Å². The number of hydrogen-bond acceptors (Lipinski definition) is 3. The lowest BCUT2D eigenvalue weighted by Crippen LogP contribution is -2.55. The topological polar surface area (TPSA) is 24.4 Å². The summed E-state index contributed by atoms with van der Waals surface area (Å²) in [7, 11) is 0. The molecule has 2 rings (SSSR count). The average Bonchev–Trinajstić information content (AvgIpc) is 2.95. The van der Waals surface area contributed by atoms with Gasteiger partial charge in [-0.1, -0.05) is 35.0 Å². The molecular formula is C14H3Cl2F13N2S. The summed E-state index contributed by atoms with van der Waals surface area (Å²) in [5.74, 6) is -3.72. The van der Waals surface area contributed by atoms with Crippen molar-refractivity contribution in [2.45, 2.75) is 30.2 Å². The zero-order valence-corrected chi connectivity index (χ0v) is 16.5. The lowest BCUT2D eigenvalue weighted by Gasteiger charge is -2.31. The molecule has 32 heavy (non-hydrogen) atoms. The molecule has 1 aliphatic rings. The first-order chi connectivity index (χ1) is 14.1. The maximum atomic E-state index is 13.7. The van der Waals surface area contributed by atoms with Gasteiger partial charge >= 0.3 is 24.7 Å². The van der Waals surface area contributed by atoms with Crippen LogP contribution in [0.15, 0.2) is 27.9 Å². The number of benzene rings is 1. The Kier molecular flexibility index (Phi) is 6.71. The second-order valence-corrected chi connectivity index (χ2v) is 7.62. The fraction of sp³-hybridized carbons (Fsp3) is 0.357. The van der Waals surface area contributed by atoms with E-state index in [1.165, 1.54) is 0 Å². The van der Waals surface area contributed by atoms with Gasteiger partial charge in [-0.2, -0.15) is 52.7 Å². The summed E-state index contributed by atoms with van der Waals surface area (Å²) < 4.78 is 170. The molecule has 0 spiro atoms. The van der Waals surface area contributed by atoms with Gasteiger partial charge in [-0.15, -0.1) is 0 Å². The summed E-state index contributed by atoms with van der Waals surface area (Å²) in [6, 6.07) is 0.369. The molecule has 1 N–H and O–H groups in total. The predicted octanol–water partition coefficient (Wildman–Crippen LogP) is 8.13. The van der Waals surface area contributed by atoms with Crippen LogP contribution in [0.1, 0.15) is 5.56 Å². The molecule has 1 aromatic carbocycles. The molecule has 180 valence electrons. The number of hydrogen-bond donors (Lipinski definition) is 1. The fourth-order valence-corrected chi connectivity index (χ4v) is 4.03. The lowest BCUT2D eigenvalue weighted by atomic mass is 9.97. The van der Waals surface area contributed by atoms with Gasteiger partial charge in [0.15, 0.2) is 5.17 Å². The van der Waals surface area contributed by atoms with Crippen molar-refractivity contribution in [3.8, 4) is 0 Å². The van der Waals surface area contributed by atoms with Crippen LogP contribution in [0.4, 0.5) is 62.8 Å². The van der Waals surface area contributed by atoms with Crippen LogP contribution in [0.5, 0.6) is 0 Å². The SMILES string of the molecule is FC(=C1SC(Nc2c(Cl)cc(C(F)(F)F)cc2Cl)=NC1(C(F)(F)F)C(F)(F)F)C(F)(F)F. The maximum absolute atomic E-state index is 13.7. The van der Waals surface area contributed by atoms with E-state index in [1.54, 1.807) is 5.32 Å². The number of nitrogens with one attached hydrogen (secondary N) is 1. The highest BCUT2D eigenvalue weighted by Gasteiger charge is 2.77. The third-order valence-corrected chi connectivity index (χ3v) is 5.33. The van der Waals surface area contributed by atoms with Crippen LogP contribution >= 0.6 is 35.0 Å². The van der Waals surface area contributed by atoms with E-state index < -0.39 is 79.2 Å². The number of nitrogens with zero attached hydrogens (tertiary/aromatic N) is 1. The summed E-state index contributed by atoms with van der Waals surface area (Å²) in [6.45, 7) is 0. The van der Waals surface area contributed by atoms with Gasteiger partial charge in [0.25, 0.3) is 5.54 Å². The van der Waals surface area contributed by atoms with Crippen LogP contribution in [0, 0.1) is 0 Å². The molecule has 18 heteroatoms. The zero-order valence-electron chi connectivity index (χ0n) is 14.2. The number of amidine groups is 1. The molecule has 0 atom stereocenters. The summed E-state index contributed by atoms with van der Waals surface area (Å²) in [4.78, 5) is -0.689. The highest BCUT2D eigenvalue weighted by atomic mass is 35.5. The van der Waals surface area contributed by atoms with Crippen LogP contribution in [-0.2, 0) is 6.18 Å². The number of anilines is 1.